The van der Waals surface area contributed by atoms with Crippen molar-refractivity contribution in [2.24, 2.45) is 17.6 Å². The summed E-state index contributed by atoms with van der Waals surface area (Å²) in [6, 6.07) is 3.49. The van der Waals surface area contributed by atoms with Crippen LogP contribution in [0.15, 0.2) is 18.3 Å². The molecular weight excluding hydrogens is 369 g/mol. The summed E-state index contributed by atoms with van der Waals surface area (Å²) in [5, 5.41) is 0. The summed E-state index contributed by atoms with van der Waals surface area (Å²) in [6.07, 6.45) is -2.59. The lowest BCUT2D eigenvalue weighted by molar-refractivity contribution is -0.187. The van der Waals surface area contributed by atoms with Crippen LogP contribution in [0.5, 0.6) is 5.88 Å². The van der Waals surface area contributed by atoms with Crippen LogP contribution in [0.2, 0.25) is 0 Å². The summed E-state index contributed by atoms with van der Waals surface area (Å²) in [4.78, 5) is 4.08. The molecule has 1 aromatic rings. The zero-order valence-corrected chi connectivity index (χ0v) is 15.5. The highest BCUT2D eigenvalue weighted by Crippen LogP contribution is 2.37. The van der Waals surface area contributed by atoms with Crippen LogP contribution in [-0.4, -0.2) is 55.4 Å². The van der Waals surface area contributed by atoms with Crippen molar-refractivity contribution in [1.29, 1.82) is 0 Å². The maximum Gasteiger partial charge on any atom is 0.393 e. The monoisotopic (exact) mass is 394 g/mol. The van der Waals surface area contributed by atoms with E-state index in [1.54, 1.807) is 29.7 Å². The average Bonchev–Trinajstić information content (AvgIpc) is 2.63. The topological polar surface area (TPSA) is 72.6 Å². The summed E-state index contributed by atoms with van der Waals surface area (Å²) in [5.41, 5.74) is 6.44. The van der Waals surface area contributed by atoms with E-state index < -0.39 is 12.1 Å². The standard InChI is InChI=1S/C16H25F3N4O2S/c1-24-5-4-22-26-23-9-13(6-14(10-23)16(17,18)19)11-25-15-7-12(8-20)2-3-21-15/h2-3,7,13-14,22H,4-6,8-11,20H2,1H3. The Hall–Kier alpha value is -1.07. The quantitative estimate of drug-likeness (QED) is 0.491. The molecular formula is C16H25F3N4O2S. The number of rotatable bonds is 9. The van der Waals surface area contributed by atoms with Gasteiger partial charge in [0.1, 0.15) is 0 Å². The molecule has 2 heterocycles. The van der Waals surface area contributed by atoms with E-state index in [1.165, 1.54) is 12.1 Å². The Balaban J connectivity index is 1.91. The molecule has 0 aliphatic carbocycles. The minimum atomic E-state index is -4.22. The van der Waals surface area contributed by atoms with Gasteiger partial charge in [0.15, 0.2) is 0 Å². The third-order valence-corrected chi connectivity index (χ3v) is 4.96. The Morgan fingerprint density at radius 2 is 2.23 bits per heavy atom. The van der Waals surface area contributed by atoms with Gasteiger partial charge in [0.2, 0.25) is 5.88 Å². The molecule has 6 nitrogen and oxygen atoms in total. The summed E-state index contributed by atoms with van der Waals surface area (Å²) >= 11 is 1.20. The molecule has 148 valence electrons. The van der Waals surface area contributed by atoms with Crippen molar-refractivity contribution in [2.75, 3.05) is 40.0 Å². The minimum absolute atomic E-state index is 0.0362. The zero-order valence-electron chi connectivity index (χ0n) is 14.7. The number of aromatic nitrogens is 1. The zero-order chi connectivity index (χ0) is 19.0. The van der Waals surface area contributed by atoms with E-state index in [9.17, 15) is 13.2 Å². The van der Waals surface area contributed by atoms with Crippen molar-refractivity contribution in [3.63, 3.8) is 0 Å². The number of alkyl halides is 3. The Kier molecular flexibility index (Phi) is 8.42. The second-order valence-corrected chi connectivity index (χ2v) is 7.17. The van der Waals surface area contributed by atoms with Crippen molar-refractivity contribution in [3.8, 4) is 5.88 Å². The van der Waals surface area contributed by atoms with Crippen LogP contribution in [0.3, 0.4) is 0 Å². The van der Waals surface area contributed by atoms with Gasteiger partial charge in [-0.25, -0.2) is 14.0 Å². The molecule has 0 radical (unpaired) electrons. The van der Waals surface area contributed by atoms with Crippen molar-refractivity contribution in [2.45, 2.75) is 19.1 Å². The molecule has 0 spiro atoms. The number of nitrogens with two attached hydrogens (primary N) is 1. The molecule has 1 aliphatic rings. The van der Waals surface area contributed by atoms with Gasteiger partial charge in [-0.3, -0.25) is 0 Å². The van der Waals surface area contributed by atoms with Crippen LogP contribution in [0.1, 0.15) is 12.0 Å². The second-order valence-electron chi connectivity index (χ2n) is 6.18. The predicted octanol–water partition coefficient (Wildman–Crippen LogP) is 2.22. The van der Waals surface area contributed by atoms with Crippen LogP contribution < -0.4 is 15.2 Å². The van der Waals surface area contributed by atoms with E-state index in [4.69, 9.17) is 15.2 Å². The third-order valence-electron chi connectivity index (χ3n) is 4.07. The Bertz CT molecular complexity index is 550. The molecule has 26 heavy (non-hydrogen) atoms. The van der Waals surface area contributed by atoms with Crippen LogP contribution in [0.25, 0.3) is 0 Å². The number of pyridine rings is 1. The van der Waals surface area contributed by atoms with Crippen LogP contribution in [0, 0.1) is 11.8 Å². The molecule has 1 saturated heterocycles. The Labute approximate surface area is 155 Å². The number of nitrogens with zero attached hydrogens (tertiary/aromatic N) is 2. The molecule has 0 saturated carbocycles. The highest BCUT2D eigenvalue weighted by molar-refractivity contribution is 7.95. The number of methoxy groups -OCH3 is 1. The van der Waals surface area contributed by atoms with Gasteiger partial charge in [-0.15, -0.1) is 0 Å². The molecule has 1 fully saturated rings. The molecule has 2 atom stereocenters. The molecule has 3 N–H and O–H groups in total. The van der Waals surface area contributed by atoms with Gasteiger partial charge < -0.3 is 15.2 Å². The Morgan fingerprint density at radius 1 is 1.42 bits per heavy atom. The van der Waals surface area contributed by atoms with Crippen molar-refractivity contribution in [1.82, 2.24) is 14.0 Å². The lowest BCUT2D eigenvalue weighted by Gasteiger charge is -2.37. The minimum Gasteiger partial charge on any atom is -0.477 e. The highest BCUT2D eigenvalue weighted by Gasteiger charge is 2.44. The van der Waals surface area contributed by atoms with Gasteiger partial charge in [0.05, 0.1) is 19.1 Å². The fourth-order valence-electron chi connectivity index (χ4n) is 2.73. The second kappa shape index (κ2) is 10.3. The van der Waals surface area contributed by atoms with Crippen LogP contribution in [-0.2, 0) is 11.3 Å². The summed E-state index contributed by atoms with van der Waals surface area (Å²) < 4.78 is 55.0. The van der Waals surface area contributed by atoms with Crippen molar-refractivity contribution in [3.05, 3.63) is 23.9 Å². The number of piperidine rings is 1. The molecule has 10 heteroatoms. The van der Waals surface area contributed by atoms with Gasteiger partial charge in [0.25, 0.3) is 0 Å². The number of ether oxygens (including phenoxy) is 2. The largest absolute Gasteiger partial charge is 0.477 e. The van der Waals surface area contributed by atoms with Gasteiger partial charge in [-0.1, -0.05) is 0 Å². The van der Waals surface area contributed by atoms with Gasteiger partial charge in [-0.05, 0) is 18.1 Å². The maximum absolute atomic E-state index is 13.2. The normalized spacial score (nSPS) is 21.7. The predicted molar refractivity (Wildman–Crippen MR) is 94.3 cm³/mol. The van der Waals surface area contributed by atoms with Crippen LogP contribution >= 0.6 is 12.1 Å². The SMILES string of the molecule is COCCNSN1CC(COc2cc(CN)ccn2)CC(C(F)(F)F)C1. The first-order valence-corrected chi connectivity index (χ1v) is 9.18. The fraction of sp³-hybridized carbons (Fsp3) is 0.688. The van der Waals surface area contributed by atoms with Crippen molar-refractivity contribution < 1.29 is 22.6 Å². The molecule has 2 unspecified atom stereocenters. The molecule has 2 rings (SSSR count). The van der Waals surface area contributed by atoms with Gasteiger partial charge in [0, 0.05) is 63.6 Å². The highest BCUT2D eigenvalue weighted by atomic mass is 32.2. The lowest BCUT2D eigenvalue weighted by atomic mass is 9.90. The number of halogens is 3. The van der Waals surface area contributed by atoms with Gasteiger partial charge in [-0.2, -0.15) is 13.2 Å². The summed E-state index contributed by atoms with van der Waals surface area (Å²) in [6.45, 7) is 2.07. The first-order chi connectivity index (χ1) is 12.4. The molecule has 0 amide bonds. The number of hydrogen-bond donors (Lipinski definition) is 2. The fourth-order valence-corrected chi connectivity index (χ4v) is 3.63. The average molecular weight is 394 g/mol. The lowest BCUT2D eigenvalue weighted by Crippen LogP contribution is -2.45. The first kappa shape index (κ1) is 21.2. The van der Waals surface area contributed by atoms with E-state index in [-0.39, 0.29) is 25.5 Å². The van der Waals surface area contributed by atoms with E-state index in [1.807, 2.05) is 0 Å². The maximum atomic E-state index is 13.2. The molecule has 1 aromatic heterocycles. The van der Waals surface area contributed by atoms with Gasteiger partial charge >= 0.3 is 6.18 Å². The third kappa shape index (κ3) is 6.92. The summed E-state index contributed by atoms with van der Waals surface area (Å²) in [5.74, 6) is -1.22. The molecule has 0 aromatic carbocycles. The molecule has 1 aliphatic heterocycles. The first-order valence-electron chi connectivity index (χ1n) is 8.40. The van der Waals surface area contributed by atoms with E-state index in [2.05, 4.69) is 9.71 Å². The van der Waals surface area contributed by atoms with Crippen LogP contribution in [0.4, 0.5) is 13.2 Å². The van der Waals surface area contributed by atoms with E-state index in [0.29, 0.717) is 32.1 Å². The van der Waals surface area contributed by atoms with E-state index in [0.717, 1.165) is 5.56 Å². The smallest absolute Gasteiger partial charge is 0.393 e. The Morgan fingerprint density at radius 3 is 2.92 bits per heavy atom. The van der Waals surface area contributed by atoms with E-state index >= 15 is 0 Å². The molecule has 0 bridgehead atoms. The van der Waals surface area contributed by atoms with Crippen molar-refractivity contribution >= 4 is 12.1 Å². The summed E-state index contributed by atoms with van der Waals surface area (Å²) in [7, 11) is 1.58. The number of hydrogen-bond acceptors (Lipinski definition) is 7. The number of nitrogens with one attached hydrogen (secondary N) is 1.